The van der Waals surface area contributed by atoms with Crippen LogP contribution in [-0.4, -0.2) is 14.6 Å². The Hall–Kier alpha value is -2.37. The highest BCUT2D eigenvalue weighted by molar-refractivity contribution is 5.64. The maximum Gasteiger partial charge on any atom is 0.416 e. The Morgan fingerprint density at radius 3 is 2.63 bits per heavy atom. The lowest BCUT2D eigenvalue weighted by atomic mass is 10.1. The molecule has 3 nitrogen and oxygen atoms in total. The predicted octanol–water partition coefficient (Wildman–Crippen LogP) is 3.42. The van der Waals surface area contributed by atoms with Gasteiger partial charge in [-0.25, -0.2) is 9.50 Å². The third-order valence-electron chi connectivity index (χ3n) is 2.72. The first-order chi connectivity index (χ1) is 9.04. The average molecular weight is 263 g/mol. The lowest BCUT2D eigenvalue weighted by Crippen LogP contribution is -2.04. The molecule has 2 heterocycles. The summed E-state index contributed by atoms with van der Waals surface area (Å²) in [5.74, 6) is 0. The van der Waals surface area contributed by atoms with Crippen molar-refractivity contribution < 1.29 is 13.2 Å². The summed E-state index contributed by atoms with van der Waals surface area (Å²) in [5, 5.41) is 4.19. The number of rotatable bonds is 1. The number of hydrogen-bond donors (Lipinski definition) is 0. The van der Waals surface area contributed by atoms with E-state index in [2.05, 4.69) is 10.1 Å². The van der Waals surface area contributed by atoms with E-state index in [4.69, 9.17) is 0 Å². The Morgan fingerprint density at radius 1 is 1.05 bits per heavy atom. The molecular formula is C13H8F3N3. The minimum Gasteiger partial charge on any atom is -0.237 e. The number of hydrogen-bond acceptors (Lipinski definition) is 2. The average Bonchev–Trinajstić information content (AvgIpc) is 2.81. The number of nitrogens with zero attached hydrogens (tertiary/aromatic N) is 3. The molecule has 0 aliphatic rings. The van der Waals surface area contributed by atoms with Gasteiger partial charge >= 0.3 is 6.18 Å². The van der Waals surface area contributed by atoms with Gasteiger partial charge in [-0.1, -0.05) is 12.1 Å². The van der Waals surface area contributed by atoms with Crippen LogP contribution >= 0.6 is 0 Å². The maximum absolute atomic E-state index is 12.7. The van der Waals surface area contributed by atoms with Gasteiger partial charge in [-0.3, -0.25) is 0 Å². The van der Waals surface area contributed by atoms with Gasteiger partial charge in [-0.05, 0) is 18.2 Å². The van der Waals surface area contributed by atoms with Crippen LogP contribution in [0.3, 0.4) is 0 Å². The van der Waals surface area contributed by atoms with Crippen molar-refractivity contribution in [3.8, 4) is 11.3 Å². The van der Waals surface area contributed by atoms with E-state index in [9.17, 15) is 13.2 Å². The molecule has 0 unspecified atom stereocenters. The van der Waals surface area contributed by atoms with E-state index in [1.807, 2.05) is 0 Å². The van der Waals surface area contributed by atoms with Crippen LogP contribution in [0.4, 0.5) is 13.2 Å². The van der Waals surface area contributed by atoms with E-state index < -0.39 is 11.7 Å². The second kappa shape index (κ2) is 4.08. The quantitative estimate of drug-likeness (QED) is 0.673. The van der Waals surface area contributed by atoms with Crippen LogP contribution in [0.1, 0.15) is 5.56 Å². The highest BCUT2D eigenvalue weighted by Gasteiger charge is 2.30. The highest BCUT2D eigenvalue weighted by atomic mass is 19.4. The molecule has 96 valence electrons. The van der Waals surface area contributed by atoms with Gasteiger partial charge in [0.1, 0.15) is 0 Å². The van der Waals surface area contributed by atoms with Crippen LogP contribution in [0.2, 0.25) is 0 Å². The number of alkyl halides is 3. The molecule has 0 bridgehead atoms. The third-order valence-corrected chi connectivity index (χ3v) is 2.72. The molecule has 0 spiro atoms. The molecule has 0 amide bonds. The van der Waals surface area contributed by atoms with Crippen molar-refractivity contribution >= 4 is 5.65 Å². The van der Waals surface area contributed by atoms with Gasteiger partial charge in [0.05, 0.1) is 11.3 Å². The second-order valence-corrected chi connectivity index (χ2v) is 4.03. The zero-order valence-electron chi connectivity index (χ0n) is 9.59. The first kappa shape index (κ1) is 11.7. The smallest absolute Gasteiger partial charge is 0.237 e. The lowest BCUT2D eigenvalue weighted by molar-refractivity contribution is -0.137. The number of aromatic nitrogens is 3. The summed E-state index contributed by atoms with van der Waals surface area (Å²) in [7, 11) is 0. The second-order valence-electron chi connectivity index (χ2n) is 4.03. The molecule has 0 aliphatic heterocycles. The molecule has 3 aromatic rings. The zero-order chi connectivity index (χ0) is 13.5. The van der Waals surface area contributed by atoms with Crippen molar-refractivity contribution in [3.05, 3.63) is 54.4 Å². The van der Waals surface area contributed by atoms with E-state index in [0.717, 1.165) is 12.1 Å². The Balaban J connectivity index is 2.11. The van der Waals surface area contributed by atoms with Crippen molar-refractivity contribution in [3.63, 3.8) is 0 Å². The van der Waals surface area contributed by atoms with Gasteiger partial charge in [-0.2, -0.15) is 18.3 Å². The van der Waals surface area contributed by atoms with Gasteiger partial charge in [-0.15, -0.1) is 0 Å². The van der Waals surface area contributed by atoms with E-state index in [1.165, 1.54) is 10.6 Å². The Bertz CT molecular complexity index is 698. The monoisotopic (exact) mass is 263 g/mol. The fourth-order valence-electron chi connectivity index (χ4n) is 1.83. The Labute approximate surface area is 106 Å². The first-order valence-corrected chi connectivity index (χ1v) is 5.52. The lowest BCUT2D eigenvalue weighted by Gasteiger charge is -2.07. The van der Waals surface area contributed by atoms with Crippen LogP contribution in [0, 0.1) is 0 Å². The molecule has 0 atom stereocenters. The topological polar surface area (TPSA) is 30.2 Å². The molecule has 0 aliphatic carbocycles. The molecule has 0 saturated carbocycles. The van der Waals surface area contributed by atoms with Crippen molar-refractivity contribution in [2.75, 3.05) is 0 Å². The van der Waals surface area contributed by atoms with Crippen LogP contribution < -0.4 is 0 Å². The van der Waals surface area contributed by atoms with Gasteiger partial charge in [0.15, 0.2) is 5.65 Å². The summed E-state index contributed by atoms with van der Waals surface area (Å²) in [6, 6.07) is 8.44. The number of benzene rings is 1. The standard InChI is InChI=1S/C13H8F3N3/c14-13(15,16)10-4-1-3-9(7-10)11-8-12-17-5-2-6-19(12)18-11/h1-8H. The molecule has 6 heteroatoms. The number of halogens is 3. The Morgan fingerprint density at radius 2 is 1.89 bits per heavy atom. The first-order valence-electron chi connectivity index (χ1n) is 5.52. The largest absolute Gasteiger partial charge is 0.416 e. The molecule has 19 heavy (non-hydrogen) atoms. The summed E-state index contributed by atoms with van der Waals surface area (Å²) in [5.41, 5.74) is 0.787. The molecule has 0 radical (unpaired) electrons. The maximum atomic E-state index is 12.7. The van der Waals surface area contributed by atoms with Gasteiger partial charge in [0, 0.05) is 24.0 Å². The molecular weight excluding hydrogens is 255 g/mol. The predicted molar refractivity (Wildman–Crippen MR) is 63.4 cm³/mol. The summed E-state index contributed by atoms with van der Waals surface area (Å²) >= 11 is 0. The van der Waals surface area contributed by atoms with E-state index in [1.54, 1.807) is 30.6 Å². The molecule has 2 aromatic heterocycles. The number of fused-ring (bicyclic) bond motifs is 1. The van der Waals surface area contributed by atoms with Crippen molar-refractivity contribution in [2.24, 2.45) is 0 Å². The minimum atomic E-state index is -4.35. The summed E-state index contributed by atoms with van der Waals surface area (Å²) < 4.78 is 39.5. The van der Waals surface area contributed by atoms with Crippen molar-refractivity contribution in [1.29, 1.82) is 0 Å². The van der Waals surface area contributed by atoms with E-state index in [0.29, 0.717) is 16.9 Å². The zero-order valence-corrected chi connectivity index (χ0v) is 9.59. The van der Waals surface area contributed by atoms with E-state index in [-0.39, 0.29) is 0 Å². The van der Waals surface area contributed by atoms with Crippen LogP contribution in [0.5, 0.6) is 0 Å². The highest BCUT2D eigenvalue weighted by Crippen LogP contribution is 2.31. The molecule has 3 rings (SSSR count). The fourth-order valence-corrected chi connectivity index (χ4v) is 1.83. The van der Waals surface area contributed by atoms with Crippen LogP contribution in [-0.2, 0) is 6.18 Å². The Kier molecular flexibility index (Phi) is 2.51. The summed E-state index contributed by atoms with van der Waals surface area (Å²) in [6.07, 6.45) is -1.06. The van der Waals surface area contributed by atoms with Crippen LogP contribution in [0.25, 0.3) is 16.9 Å². The van der Waals surface area contributed by atoms with Crippen molar-refractivity contribution in [1.82, 2.24) is 14.6 Å². The fraction of sp³-hybridized carbons (Fsp3) is 0.0769. The molecule has 0 fully saturated rings. The van der Waals surface area contributed by atoms with Crippen LogP contribution in [0.15, 0.2) is 48.8 Å². The van der Waals surface area contributed by atoms with Gasteiger partial charge in [0.25, 0.3) is 0 Å². The minimum absolute atomic E-state index is 0.417. The van der Waals surface area contributed by atoms with Crippen molar-refractivity contribution in [2.45, 2.75) is 6.18 Å². The summed E-state index contributed by atoms with van der Waals surface area (Å²) in [4.78, 5) is 4.08. The van der Waals surface area contributed by atoms with Gasteiger partial charge in [0.2, 0.25) is 0 Å². The normalized spacial score (nSPS) is 11.9. The molecule has 0 N–H and O–H groups in total. The molecule has 1 aromatic carbocycles. The molecule has 0 saturated heterocycles. The van der Waals surface area contributed by atoms with E-state index >= 15 is 0 Å². The SMILES string of the molecule is FC(F)(F)c1cccc(-c2cc3ncccn3n2)c1. The third kappa shape index (κ3) is 2.16. The van der Waals surface area contributed by atoms with Gasteiger partial charge < -0.3 is 0 Å². The summed E-state index contributed by atoms with van der Waals surface area (Å²) in [6.45, 7) is 0.